The smallest absolute Gasteiger partial charge is 0.200 e. The number of sulfone groups is 1. The molecule has 0 saturated heterocycles. The summed E-state index contributed by atoms with van der Waals surface area (Å²) in [6.45, 7) is 1.67. The number of aryl methyl sites for hydroxylation is 1. The average molecular weight is 371 g/mol. The highest BCUT2D eigenvalue weighted by Crippen LogP contribution is 2.34. The van der Waals surface area contributed by atoms with Crippen molar-refractivity contribution >= 4 is 21.2 Å². The molecule has 0 bridgehead atoms. The van der Waals surface area contributed by atoms with Crippen molar-refractivity contribution in [3.63, 3.8) is 0 Å². The van der Waals surface area contributed by atoms with Crippen molar-refractivity contribution < 1.29 is 13.5 Å². The van der Waals surface area contributed by atoms with Crippen molar-refractivity contribution in [1.29, 1.82) is 5.26 Å². The molecule has 8 heteroatoms. The normalized spacial score (nSPS) is 11.2. The van der Waals surface area contributed by atoms with Gasteiger partial charge in [-0.05, 0) is 12.5 Å². The van der Waals surface area contributed by atoms with Gasteiger partial charge in [0.1, 0.15) is 22.5 Å². The maximum atomic E-state index is 12.7. The lowest BCUT2D eigenvalue weighted by atomic mass is 10.2. The van der Waals surface area contributed by atoms with Crippen molar-refractivity contribution in [1.82, 2.24) is 9.97 Å². The first-order valence-corrected chi connectivity index (χ1v) is 9.71. The van der Waals surface area contributed by atoms with Crippen LogP contribution in [0, 0.1) is 18.3 Å². The highest BCUT2D eigenvalue weighted by atomic mass is 32.2. The molecule has 0 aliphatic rings. The Balaban J connectivity index is 1.99. The second-order valence-corrected chi connectivity index (χ2v) is 8.44. The number of nitriles is 1. The molecule has 6 nitrogen and oxygen atoms in total. The number of nitrogens with zero attached hydrogens (tertiary/aromatic N) is 3. The summed E-state index contributed by atoms with van der Waals surface area (Å²) in [6.07, 6.45) is 1.31. The van der Waals surface area contributed by atoms with Gasteiger partial charge in [-0.3, -0.25) is 0 Å². The van der Waals surface area contributed by atoms with E-state index < -0.39 is 9.84 Å². The minimum atomic E-state index is -3.62. The van der Waals surface area contributed by atoms with Gasteiger partial charge in [0.25, 0.3) is 0 Å². The minimum absolute atomic E-state index is 0.0121. The summed E-state index contributed by atoms with van der Waals surface area (Å²) in [4.78, 5) is 8.73. The van der Waals surface area contributed by atoms with E-state index in [1.165, 1.54) is 12.3 Å². The van der Waals surface area contributed by atoms with E-state index >= 15 is 0 Å². The lowest BCUT2D eigenvalue weighted by molar-refractivity contribution is 0.474. The summed E-state index contributed by atoms with van der Waals surface area (Å²) in [7, 11) is -3.62. The zero-order valence-electron chi connectivity index (χ0n) is 13.2. The number of rotatable bonds is 4. The van der Waals surface area contributed by atoms with E-state index in [0.717, 1.165) is 11.3 Å². The van der Waals surface area contributed by atoms with Crippen LogP contribution in [0.5, 0.6) is 5.75 Å². The molecule has 0 atom stereocenters. The third-order valence-corrected chi connectivity index (χ3v) is 6.25. The van der Waals surface area contributed by atoms with Crippen LogP contribution < -0.4 is 0 Å². The van der Waals surface area contributed by atoms with Gasteiger partial charge in [0, 0.05) is 17.1 Å². The van der Waals surface area contributed by atoms with Gasteiger partial charge in [-0.2, -0.15) is 5.26 Å². The fraction of sp³-hybridized carbons (Fsp3) is 0.118. The van der Waals surface area contributed by atoms with Crippen LogP contribution >= 0.6 is 11.3 Å². The minimum Gasteiger partial charge on any atom is -0.506 e. The molecule has 0 aliphatic heterocycles. The molecular formula is C17H13N3O3S2. The van der Waals surface area contributed by atoms with Gasteiger partial charge in [-0.15, -0.1) is 11.3 Å². The summed E-state index contributed by atoms with van der Waals surface area (Å²) < 4.78 is 25.3. The largest absolute Gasteiger partial charge is 0.506 e. The molecule has 3 rings (SSSR count). The summed E-state index contributed by atoms with van der Waals surface area (Å²) >= 11 is 1.14. The molecule has 0 fully saturated rings. The van der Waals surface area contributed by atoms with E-state index in [1.807, 2.05) is 12.1 Å². The Bertz CT molecular complexity index is 1070. The van der Waals surface area contributed by atoms with E-state index in [4.69, 9.17) is 5.26 Å². The van der Waals surface area contributed by atoms with Crippen LogP contribution in [-0.4, -0.2) is 23.5 Å². The molecule has 0 amide bonds. The van der Waals surface area contributed by atoms with Crippen LogP contribution in [0.4, 0.5) is 0 Å². The van der Waals surface area contributed by atoms with Crippen LogP contribution in [0.3, 0.4) is 0 Å². The van der Waals surface area contributed by atoms with Gasteiger partial charge in [0.05, 0.1) is 11.3 Å². The van der Waals surface area contributed by atoms with Crippen LogP contribution in [0.25, 0.3) is 10.7 Å². The highest BCUT2D eigenvalue weighted by Gasteiger charge is 2.24. The second kappa shape index (κ2) is 6.63. The highest BCUT2D eigenvalue weighted by molar-refractivity contribution is 7.90. The Kier molecular flexibility index (Phi) is 4.53. The molecule has 1 N–H and O–H groups in total. The van der Waals surface area contributed by atoms with Gasteiger partial charge in [0.15, 0.2) is 5.03 Å². The van der Waals surface area contributed by atoms with Gasteiger partial charge < -0.3 is 5.11 Å². The molecule has 25 heavy (non-hydrogen) atoms. The average Bonchev–Trinajstić information content (AvgIpc) is 2.97. The molecule has 0 unspecified atom stereocenters. The van der Waals surface area contributed by atoms with Crippen LogP contribution in [0.15, 0.2) is 47.6 Å². The Hall–Kier alpha value is -2.76. The molecule has 126 valence electrons. The number of aromatic hydroxyl groups is 1. The molecule has 0 saturated carbocycles. The molecule has 0 radical (unpaired) electrons. The summed E-state index contributed by atoms with van der Waals surface area (Å²) in [5, 5.41) is 19.1. The summed E-state index contributed by atoms with van der Waals surface area (Å²) in [5.74, 6) is -0.357. The van der Waals surface area contributed by atoms with E-state index in [0.29, 0.717) is 15.4 Å². The Morgan fingerprint density at radius 1 is 1.28 bits per heavy atom. The molecule has 1 aromatic carbocycles. The monoisotopic (exact) mass is 371 g/mol. The van der Waals surface area contributed by atoms with Crippen molar-refractivity contribution in [2.75, 3.05) is 0 Å². The van der Waals surface area contributed by atoms with Crippen molar-refractivity contribution in [3.05, 3.63) is 58.6 Å². The van der Waals surface area contributed by atoms with E-state index in [2.05, 4.69) is 9.97 Å². The third-order valence-electron chi connectivity index (χ3n) is 3.45. The van der Waals surface area contributed by atoms with Gasteiger partial charge in [-0.1, -0.05) is 30.3 Å². The van der Waals surface area contributed by atoms with E-state index in [9.17, 15) is 13.5 Å². The van der Waals surface area contributed by atoms with E-state index in [-0.39, 0.29) is 27.8 Å². The first kappa shape index (κ1) is 17.1. The van der Waals surface area contributed by atoms with Gasteiger partial charge in [-0.25, -0.2) is 18.4 Å². The molecule has 2 aromatic heterocycles. The Morgan fingerprint density at radius 2 is 2.00 bits per heavy atom. The number of thiazole rings is 1. The number of aromatic nitrogens is 2. The van der Waals surface area contributed by atoms with Crippen molar-refractivity contribution in [2.24, 2.45) is 0 Å². The second-order valence-electron chi connectivity index (χ2n) is 5.33. The number of hydrogen-bond donors (Lipinski definition) is 1. The van der Waals surface area contributed by atoms with Crippen molar-refractivity contribution in [3.8, 4) is 22.5 Å². The first-order valence-electron chi connectivity index (χ1n) is 7.24. The number of benzene rings is 1. The zero-order chi connectivity index (χ0) is 18.0. The number of pyridine rings is 1. The molecule has 3 aromatic rings. The van der Waals surface area contributed by atoms with Gasteiger partial charge >= 0.3 is 0 Å². The molecular weight excluding hydrogens is 358 g/mol. The standard InChI is InChI=1S/C17H13N3O3S2/c1-11-17(25(22,23)10-12-5-3-2-4-6-12)20-16(24-11)15-14(21)7-13(8-18)9-19-15/h2-7,9,21H,10H2,1H3. The zero-order valence-corrected chi connectivity index (χ0v) is 14.8. The van der Waals surface area contributed by atoms with Crippen LogP contribution in [0.2, 0.25) is 0 Å². The van der Waals surface area contributed by atoms with Crippen molar-refractivity contribution in [2.45, 2.75) is 17.7 Å². The quantitative estimate of drug-likeness (QED) is 0.756. The third kappa shape index (κ3) is 3.52. The predicted molar refractivity (Wildman–Crippen MR) is 93.8 cm³/mol. The van der Waals surface area contributed by atoms with Crippen LogP contribution in [0.1, 0.15) is 16.0 Å². The first-order chi connectivity index (χ1) is 11.9. The molecule has 2 heterocycles. The lowest BCUT2D eigenvalue weighted by Gasteiger charge is -2.03. The maximum Gasteiger partial charge on any atom is 0.200 e. The molecule has 0 aliphatic carbocycles. The fourth-order valence-corrected chi connectivity index (χ4v) is 5.13. The fourth-order valence-electron chi connectivity index (χ4n) is 2.31. The topological polar surface area (TPSA) is 104 Å². The Morgan fingerprint density at radius 3 is 2.64 bits per heavy atom. The number of hydrogen-bond acceptors (Lipinski definition) is 7. The summed E-state index contributed by atoms with van der Waals surface area (Å²) in [5.41, 5.74) is 1.05. The summed E-state index contributed by atoms with van der Waals surface area (Å²) in [6, 6.07) is 12.0. The maximum absolute atomic E-state index is 12.7. The van der Waals surface area contributed by atoms with Crippen LogP contribution in [-0.2, 0) is 15.6 Å². The van der Waals surface area contributed by atoms with Gasteiger partial charge in [0.2, 0.25) is 9.84 Å². The predicted octanol–water partition coefficient (Wildman–Crippen LogP) is 3.06. The lowest BCUT2D eigenvalue weighted by Crippen LogP contribution is -2.06. The Labute approximate surface area is 149 Å². The molecule has 0 spiro atoms. The SMILES string of the molecule is Cc1sc(-c2ncc(C#N)cc2O)nc1S(=O)(=O)Cc1ccccc1. The van der Waals surface area contributed by atoms with E-state index in [1.54, 1.807) is 31.2 Å².